The third-order valence-corrected chi connectivity index (χ3v) is 6.75. The van der Waals surface area contributed by atoms with Gasteiger partial charge in [-0.2, -0.15) is 0 Å². The Bertz CT molecular complexity index is 649. The average molecular weight is 423 g/mol. The van der Waals surface area contributed by atoms with E-state index in [0.717, 1.165) is 31.6 Å². The molecule has 1 heterocycles. The van der Waals surface area contributed by atoms with E-state index < -0.39 is 12.3 Å². The molecule has 1 fully saturated rings. The molecule has 0 radical (unpaired) electrons. The molecule has 3 nitrogen and oxygen atoms in total. The van der Waals surface area contributed by atoms with Crippen molar-refractivity contribution in [2.24, 2.45) is 11.8 Å². The van der Waals surface area contributed by atoms with Crippen molar-refractivity contribution in [2.45, 2.75) is 63.2 Å². The van der Waals surface area contributed by atoms with E-state index >= 15 is 0 Å². The number of rotatable bonds is 8. The summed E-state index contributed by atoms with van der Waals surface area (Å²) in [4.78, 5) is 2.55. The molecule has 5 heteroatoms. The van der Waals surface area contributed by atoms with E-state index in [9.17, 15) is 9.50 Å². The molecule has 0 amide bonds. The second-order valence-corrected chi connectivity index (χ2v) is 9.54. The van der Waals surface area contributed by atoms with Crippen molar-refractivity contribution in [3.8, 4) is 0 Å². The van der Waals surface area contributed by atoms with E-state index in [0.29, 0.717) is 30.8 Å². The fourth-order valence-corrected chi connectivity index (χ4v) is 4.55. The van der Waals surface area contributed by atoms with Crippen LogP contribution in [0.2, 0.25) is 0 Å². The quantitative estimate of drug-likeness (QED) is 0.569. The minimum absolute atomic E-state index is 0.158. The van der Waals surface area contributed by atoms with Gasteiger partial charge in [0.15, 0.2) is 0 Å². The predicted octanol–water partition coefficient (Wildman–Crippen LogP) is 4.39. The molecule has 3 unspecified atom stereocenters. The molecule has 1 aliphatic heterocycles. The largest absolute Gasteiger partial charge is 0.387 e. The van der Waals surface area contributed by atoms with Crippen molar-refractivity contribution in [1.29, 1.82) is 0 Å². The summed E-state index contributed by atoms with van der Waals surface area (Å²) in [7, 11) is 0. The predicted molar refractivity (Wildman–Crippen MR) is 120 cm³/mol. The third-order valence-electron chi connectivity index (χ3n) is 6.43. The SMILES string of the molecule is CC(C)[C@H](CN1CCC(C2=CCC(Cl)C=C2)CC1)NCC(O)C1=CCC(F)C=C1. The highest BCUT2D eigenvalue weighted by Crippen LogP contribution is 2.29. The maximum atomic E-state index is 13.2. The van der Waals surface area contributed by atoms with Gasteiger partial charge >= 0.3 is 0 Å². The first-order valence-corrected chi connectivity index (χ1v) is 11.5. The number of hydrogen-bond acceptors (Lipinski definition) is 3. The van der Waals surface area contributed by atoms with E-state index in [-0.39, 0.29) is 5.38 Å². The first-order chi connectivity index (χ1) is 13.9. The third kappa shape index (κ3) is 6.78. The highest BCUT2D eigenvalue weighted by molar-refractivity contribution is 6.22. The molecule has 29 heavy (non-hydrogen) atoms. The molecule has 1 saturated heterocycles. The summed E-state index contributed by atoms with van der Waals surface area (Å²) < 4.78 is 13.2. The maximum absolute atomic E-state index is 13.2. The molecular formula is C24H36ClFN2O. The minimum Gasteiger partial charge on any atom is -0.387 e. The van der Waals surface area contributed by atoms with Crippen molar-refractivity contribution >= 4 is 11.6 Å². The fourth-order valence-electron chi connectivity index (χ4n) is 4.39. The highest BCUT2D eigenvalue weighted by atomic mass is 35.5. The van der Waals surface area contributed by atoms with Crippen molar-refractivity contribution in [1.82, 2.24) is 10.2 Å². The topological polar surface area (TPSA) is 35.5 Å². The van der Waals surface area contributed by atoms with Gasteiger partial charge in [-0.25, -0.2) is 4.39 Å². The zero-order chi connectivity index (χ0) is 20.8. The van der Waals surface area contributed by atoms with Crippen LogP contribution >= 0.6 is 11.6 Å². The van der Waals surface area contributed by atoms with E-state index in [1.54, 1.807) is 6.08 Å². The lowest BCUT2D eigenvalue weighted by Crippen LogP contribution is -2.48. The maximum Gasteiger partial charge on any atom is 0.122 e. The Morgan fingerprint density at radius 3 is 2.52 bits per heavy atom. The molecule has 4 atom stereocenters. The second kappa shape index (κ2) is 10.9. The molecule has 0 aromatic heterocycles. The van der Waals surface area contributed by atoms with Crippen LogP contribution in [0.3, 0.4) is 0 Å². The standard InChI is InChI=1S/C24H36ClFN2O/c1-17(2)23(27-15-24(29)20-5-9-22(26)10-6-20)16-28-13-11-19(12-14-28)18-3-7-21(25)8-4-18/h3-7,9,17,19,21-24,27,29H,8,10-16H2,1-2H3/t21?,22?,23-,24?/m0/s1. The van der Waals surface area contributed by atoms with Gasteiger partial charge in [-0.1, -0.05) is 50.3 Å². The number of hydrogen-bond donors (Lipinski definition) is 2. The molecule has 3 aliphatic rings. The molecule has 0 saturated carbocycles. The summed E-state index contributed by atoms with van der Waals surface area (Å²) in [6.45, 7) is 8.18. The Kier molecular flexibility index (Phi) is 8.55. The second-order valence-electron chi connectivity index (χ2n) is 8.98. The van der Waals surface area contributed by atoms with E-state index in [2.05, 4.69) is 42.3 Å². The van der Waals surface area contributed by atoms with Gasteiger partial charge in [0.25, 0.3) is 0 Å². The smallest absolute Gasteiger partial charge is 0.122 e. The summed E-state index contributed by atoms with van der Waals surface area (Å²) in [5.74, 6) is 1.14. The summed E-state index contributed by atoms with van der Waals surface area (Å²) in [6.07, 6.45) is 13.9. The van der Waals surface area contributed by atoms with Gasteiger partial charge in [0.2, 0.25) is 0 Å². The molecule has 0 aromatic rings. The van der Waals surface area contributed by atoms with Crippen LogP contribution in [0.15, 0.2) is 47.6 Å². The molecular weight excluding hydrogens is 387 g/mol. The Hall–Kier alpha value is -0.940. The van der Waals surface area contributed by atoms with Crippen LogP contribution in [-0.4, -0.2) is 59.9 Å². The molecule has 2 N–H and O–H groups in total. The molecule has 2 aliphatic carbocycles. The zero-order valence-electron chi connectivity index (χ0n) is 17.7. The van der Waals surface area contributed by atoms with Crippen molar-refractivity contribution < 1.29 is 9.50 Å². The van der Waals surface area contributed by atoms with Gasteiger partial charge in [0.1, 0.15) is 6.17 Å². The number of likely N-dealkylation sites (tertiary alicyclic amines) is 1. The number of allylic oxidation sites excluding steroid dienone is 6. The lowest BCUT2D eigenvalue weighted by atomic mass is 9.86. The number of halogens is 2. The van der Waals surface area contributed by atoms with Crippen LogP contribution in [0.1, 0.15) is 39.5 Å². The average Bonchev–Trinajstić information content (AvgIpc) is 2.72. The number of piperidine rings is 1. The van der Waals surface area contributed by atoms with Gasteiger partial charge < -0.3 is 15.3 Å². The number of aliphatic hydroxyl groups is 1. The van der Waals surface area contributed by atoms with Gasteiger partial charge in [-0.05, 0) is 55.3 Å². The van der Waals surface area contributed by atoms with Gasteiger partial charge in [-0.15, -0.1) is 11.6 Å². The summed E-state index contributed by atoms with van der Waals surface area (Å²) in [6, 6.07) is 0.328. The van der Waals surface area contributed by atoms with E-state index in [1.807, 2.05) is 6.08 Å². The molecule has 0 bridgehead atoms. The molecule has 3 rings (SSSR count). The summed E-state index contributed by atoms with van der Waals surface area (Å²) in [5.41, 5.74) is 2.29. The summed E-state index contributed by atoms with van der Waals surface area (Å²) in [5, 5.41) is 14.2. The van der Waals surface area contributed by atoms with Gasteiger partial charge in [0.05, 0.1) is 11.5 Å². The van der Waals surface area contributed by atoms with Crippen LogP contribution in [-0.2, 0) is 0 Å². The first kappa shape index (κ1) is 22.7. The number of nitrogens with one attached hydrogen (secondary N) is 1. The van der Waals surface area contributed by atoms with Crippen molar-refractivity contribution in [3.63, 3.8) is 0 Å². The van der Waals surface area contributed by atoms with Crippen LogP contribution in [0, 0.1) is 11.8 Å². The number of aliphatic hydroxyl groups excluding tert-OH is 1. The monoisotopic (exact) mass is 422 g/mol. The normalized spacial score (nSPS) is 28.3. The van der Waals surface area contributed by atoms with Crippen LogP contribution in [0.5, 0.6) is 0 Å². The fraction of sp³-hybridized carbons (Fsp3) is 0.667. The van der Waals surface area contributed by atoms with E-state index in [4.69, 9.17) is 11.6 Å². The molecule has 162 valence electrons. The summed E-state index contributed by atoms with van der Waals surface area (Å²) >= 11 is 6.15. The molecule has 0 spiro atoms. The lowest BCUT2D eigenvalue weighted by molar-refractivity contribution is 0.152. The van der Waals surface area contributed by atoms with Crippen molar-refractivity contribution in [3.05, 3.63) is 47.6 Å². The van der Waals surface area contributed by atoms with Gasteiger partial charge in [0, 0.05) is 25.6 Å². The number of alkyl halides is 2. The van der Waals surface area contributed by atoms with Gasteiger partial charge in [-0.3, -0.25) is 0 Å². The van der Waals surface area contributed by atoms with Crippen molar-refractivity contribution in [2.75, 3.05) is 26.2 Å². The van der Waals surface area contributed by atoms with E-state index in [1.165, 1.54) is 24.5 Å². The Morgan fingerprint density at radius 2 is 1.93 bits per heavy atom. The zero-order valence-corrected chi connectivity index (χ0v) is 18.5. The Balaban J connectivity index is 1.44. The van der Waals surface area contributed by atoms with Crippen LogP contribution in [0.4, 0.5) is 4.39 Å². The lowest BCUT2D eigenvalue weighted by Gasteiger charge is -2.37. The molecule has 0 aromatic carbocycles. The Morgan fingerprint density at radius 1 is 1.17 bits per heavy atom. The van der Waals surface area contributed by atoms with Crippen LogP contribution < -0.4 is 5.32 Å². The van der Waals surface area contributed by atoms with Crippen LogP contribution in [0.25, 0.3) is 0 Å². The number of nitrogens with zero attached hydrogens (tertiary/aromatic N) is 1. The first-order valence-electron chi connectivity index (χ1n) is 11.1. The Labute approximate surface area is 180 Å². The highest BCUT2D eigenvalue weighted by Gasteiger charge is 2.25. The minimum atomic E-state index is -0.915.